The van der Waals surface area contributed by atoms with Crippen molar-refractivity contribution in [2.75, 3.05) is 18.0 Å². The van der Waals surface area contributed by atoms with Gasteiger partial charge in [0.1, 0.15) is 6.04 Å². The summed E-state index contributed by atoms with van der Waals surface area (Å²) >= 11 is 0. The van der Waals surface area contributed by atoms with Crippen LogP contribution in [0.2, 0.25) is 0 Å². The van der Waals surface area contributed by atoms with Gasteiger partial charge in [0.05, 0.1) is 5.69 Å². The minimum Gasteiger partial charge on any atom is -0.480 e. The molecule has 1 aliphatic heterocycles. The summed E-state index contributed by atoms with van der Waals surface area (Å²) in [5.41, 5.74) is 1.00. The summed E-state index contributed by atoms with van der Waals surface area (Å²) in [5, 5.41) is 12.6. The molecule has 1 aromatic heterocycles. The summed E-state index contributed by atoms with van der Waals surface area (Å²) in [6.07, 6.45) is 5.59. The number of carboxylic acids is 1. The highest BCUT2D eigenvalue weighted by atomic mass is 16.4. The largest absolute Gasteiger partial charge is 0.480 e. The topological polar surface area (TPSA) is 57.5 Å². The van der Waals surface area contributed by atoms with Crippen molar-refractivity contribution < 1.29 is 9.90 Å². The summed E-state index contributed by atoms with van der Waals surface area (Å²) < 4.78 is 1.96. The van der Waals surface area contributed by atoms with Crippen molar-refractivity contribution in [1.82, 2.24) is 9.88 Å². The Morgan fingerprint density at radius 2 is 2.33 bits per heavy atom. The molecule has 1 aliphatic rings. The first-order chi connectivity index (χ1) is 8.63. The Morgan fingerprint density at radius 1 is 1.56 bits per heavy atom. The molecule has 1 saturated heterocycles. The second-order valence-corrected chi connectivity index (χ2v) is 4.84. The fourth-order valence-electron chi connectivity index (χ4n) is 2.67. The highest BCUT2D eigenvalue weighted by molar-refractivity contribution is 5.79. The minimum absolute atomic E-state index is 0.272. The first kappa shape index (κ1) is 13.0. The summed E-state index contributed by atoms with van der Waals surface area (Å²) in [6, 6.07) is 1.87. The molecule has 2 atom stereocenters. The van der Waals surface area contributed by atoms with Gasteiger partial charge >= 0.3 is 5.97 Å². The van der Waals surface area contributed by atoms with Gasteiger partial charge in [-0.05, 0) is 25.5 Å². The van der Waals surface area contributed by atoms with E-state index in [-0.39, 0.29) is 6.04 Å². The number of carbonyl (C=O) groups is 1. The van der Waals surface area contributed by atoms with Gasteiger partial charge in [0.15, 0.2) is 0 Å². The Labute approximate surface area is 107 Å². The minimum atomic E-state index is -0.724. The third-order valence-electron chi connectivity index (χ3n) is 3.53. The average molecular weight is 251 g/mol. The number of nitrogens with one attached hydrogen (secondary N) is 1. The maximum Gasteiger partial charge on any atom is 0.326 e. The van der Waals surface area contributed by atoms with E-state index in [0.717, 1.165) is 31.6 Å². The lowest BCUT2D eigenvalue weighted by Crippen LogP contribution is -2.45. The van der Waals surface area contributed by atoms with E-state index < -0.39 is 12.0 Å². The summed E-state index contributed by atoms with van der Waals surface area (Å²) in [7, 11) is 1.95. The zero-order chi connectivity index (χ0) is 13.1. The normalized spacial score (nSPS) is 23.6. The number of hydrogen-bond donors (Lipinski definition) is 2. The van der Waals surface area contributed by atoms with Crippen LogP contribution in [0.15, 0.2) is 18.5 Å². The maximum absolute atomic E-state index is 11.3. The van der Waals surface area contributed by atoms with Crippen LogP contribution in [0.5, 0.6) is 0 Å². The van der Waals surface area contributed by atoms with E-state index in [1.165, 1.54) is 0 Å². The van der Waals surface area contributed by atoms with Crippen molar-refractivity contribution >= 4 is 11.7 Å². The van der Waals surface area contributed by atoms with Gasteiger partial charge in [-0.3, -0.25) is 0 Å². The zero-order valence-corrected chi connectivity index (χ0v) is 11.0. The van der Waals surface area contributed by atoms with Crippen molar-refractivity contribution in [2.24, 2.45) is 7.05 Å². The molecule has 100 valence electrons. The highest BCUT2D eigenvalue weighted by Crippen LogP contribution is 2.30. The lowest BCUT2D eigenvalue weighted by molar-refractivity contribution is -0.138. The molecule has 1 fully saturated rings. The van der Waals surface area contributed by atoms with Crippen molar-refractivity contribution in [3.63, 3.8) is 0 Å². The number of hydrogen-bond acceptors (Lipinski definition) is 3. The van der Waals surface area contributed by atoms with Crippen LogP contribution in [0.4, 0.5) is 5.69 Å². The molecule has 18 heavy (non-hydrogen) atoms. The van der Waals surface area contributed by atoms with E-state index >= 15 is 0 Å². The molecular formula is C13H21N3O2. The number of carboxylic acid groups (broad SMARTS) is 1. The van der Waals surface area contributed by atoms with Crippen LogP contribution in [0.1, 0.15) is 19.8 Å². The van der Waals surface area contributed by atoms with E-state index in [9.17, 15) is 9.90 Å². The van der Waals surface area contributed by atoms with Crippen molar-refractivity contribution in [3.05, 3.63) is 18.5 Å². The Morgan fingerprint density at radius 3 is 2.89 bits per heavy atom. The van der Waals surface area contributed by atoms with Crippen LogP contribution in [0, 0.1) is 0 Å². The predicted octanol–water partition coefficient (Wildman–Crippen LogP) is 1.06. The Hall–Kier alpha value is -1.49. The first-order valence-corrected chi connectivity index (χ1v) is 6.47. The van der Waals surface area contributed by atoms with Gasteiger partial charge in [-0.1, -0.05) is 6.92 Å². The second kappa shape index (κ2) is 5.44. The van der Waals surface area contributed by atoms with Crippen LogP contribution >= 0.6 is 0 Å². The molecule has 5 heteroatoms. The predicted molar refractivity (Wildman–Crippen MR) is 70.9 cm³/mol. The molecular weight excluding hydrogens is 230 g/mol. The molecule has 2 rings (SSSR count). The molecule has 0 aromatic carbocycles. The van der Waals surface area contributed by atoms with E-state index in [1.54, 1.807) is 0 Å². The number of likely N-dealkylation sites (N-methyl/N-ethyl adjacent to an activating group) is 1. The molecule has 5 nitrogen and oxygen atoms in total. The average Bonchev–Trinajstić information content (AvgIpc) is 2.91. The molecule has 0 amide bonds. The van der Waals surface area contributed by atoms with Crippen LogP contribution in [0.25, 0.3) is 0 Å². The number of aliphatic carboxylic acids is 1. The van der Waals surface area contributed by atoms with E-state index in [0.29, 0.717) is 0 Å². The Kier molecular flexibility index (Phi) is 3.91. The Bertz CT molecular complexity index is 416. The fourth-order valence-corrected chi connectivity index (χ4v) is 2.67. The maximum atomic E-state index is 11.3. The van der Waals surface area contributed by atoms with Crippen LogP contribution in [0.3, 0.4) is 0 Å². The quantitative estimate of drug-likeness (QED) is 0.821. The fraction of sp³-hybridized carbons (Fsp3) is 0.615. The van der Waals surface area contributed by atoms with E-state index in [4.69, 9.17) is 0 Å². The Balaban J connectivity index is 2.19. The monoisotopic (exact) mass is 251 g/mol. The third kappa shape index (κ3) is 2.51. The zero-order valence-electron chi connectivity index (χ0n) is 11.0. The van der Waals surface area contributed by atoms with Gasteiger partial charge < -0.3 is 19.9 Å². The van der Waals surface area contributed by atoms with Crippen LogP contribution < -0.4 is 10.2 Å². The third-order valence-corrected chi connectivity index (χ3v) is 3.53. The molecule has 1 aromatic rings. The molecule has 0 aliphatic carbocycles. The highest BCUT2D eigenvalue weighted by Gasteiger charge is 2.37. The van der Waals surface area contributed by atoms with Gasteiger partial charge in [-0.15, -0.1) is 0 Å². The van der Waals surface area contributed by atoms with Crippen molar-refractivity contribution in [1.29, 1.82) is 0 Å². The van der Waals surface area contributed by atoms with Gasteiger partial charge in [-0.25, -0.2) is 4.79 Å². The lowest BCUT2D eigenvalue weighted by atomic mass is 10.2. The second-order valence-electron chi connectivity index (χ2n) is 4.84. The van der Waals surface area contributed by atoms with Crippen LogP contribution in [-0.4, -0.2) is 40.8 Å². The molecule has 0 spiro atoms. The standard InChI is InChI=1S/C13H21N3O2/c1-3-14-8-10-4-5-12(13(17)18)16(10)11-6-7-15(2)9-11/h6-7,9-10,12,14H,3-5,8H2,1-2H3,(H,17,18)/t10-,12-/m0/s1. The van der Waals surface area contributed by atoms with Gasteiger partial charge in [0.25, 0.3) is 0 Å². The smallest absolute Gasteiger partial charge is 0.326 e. The van der Waals surface area contributed by atoms with E-state index in [1.807, 2.05) is 35.0 Å². The van der Waals surface area contributed by atoms with Gasteiger partial charge in [0, 0.05) is 32.0 Å². The summed E-state index contributed by atoms with van der Waals surface area (Å²) in [6.45, 7) is 3.82. The molecule has 2 N–H and O–H groups in total. The SMILES string of the molecule is CCNC[C@@H]1CC[C@@H](C(=O)O)N1c1ccn(C)c1. The number of aryl methyl sites for hydroxylation is 1. The molecule has 0 radical (unpaired) electrons. The first-order valence-electron chi connectivity index (χ1n) is 6.47. The van der Waals surface area contributed by atoms with Crippen molar-refractivity contribution in [2.45, 2.75) is 31.8 Å². The van der Waals surface area contributed by atoms with Crippen LogP contribution in [-0.2, 0) is 11.8 Å². The number of rotatable bonds is 5. The molecule has 2 heterocycles. The number of aromatic nitrogens is 1. The summed E-state index contributed by atoms with van der Waals surface area (Å²) in [5.74, 6) is -0.724. The number of anilines is 1. The lowest BCUT2D eigenvalue weighted by Gasteiger charge is -2.29. The number of nitrogens with zero attached hydrogens (tertiary/aromatic N) is 2. The van der Waals surface area contributed by atoms with E-state index in [2.05, 4.69) is 12.2 Å². The van der Waals surface area contributed by atoms with Crippen molar-refractivity contribution in [3.8, 4) is 0 Å². The molecule has 0 saturated carbocycles. The molecule has 0 bridgehead atoms. The molecule has 0 unspecified atom stereocenters. The summed E-state index contributed by atoms with van der Waals surface area (Å²) in [4.78, 5) is 13.4. The van der Waals surface area contributed by atoms with Gasteiger partial charge in [-0.2, -0.15) is 0 Å². The van der Waals surface area contributed by atoms with Gasteiger partial charge in [0.2, 0.25) is 0 Å².